The lowest BCUT2D eigenvalue weighted by Crippen LogP contribution is -2.01. The van der Waals surface area contributed by atoms with Crippen LogP contribution in [0.2, 0.25) is 10.3 Å². The van der Waals surface area contributed by atoms with Gasteiger partial charge in [-0.15, -0.1) is 0 Å². The Morgan fingerprint density at radius 1 is 1.43 bits per heavy atom. The van der Waals surface area contributed by atoms with Crippen LogP contribution in [-0.4, -0.2) is 16.6 Å². The smallest absolute Gasteiger partial charge is 0.237 e. The predicted molar refractivity (Wildman–Crippen MR) is 54.9 cm³/mol. The molecule has 1 saturated carbocycles. The van der Waals surface area contributed by atoms with E-state index in [0.29, 0.717) is 17.5 Å². The van der Waals surface area contributed by atoms with Gasteiger partial charge in [0.15, 0.2) is 0 Å². The molecular weight excluding hydrogens is 223 g/mol. The first-order valence-electron chi connectivity index (χ1n) is 4.56. The molecule has 0 amide bonds. The molecule has 5 heteroatoms. The topological polar surface area (TPSA) is 35.0 Å². The van der Waals surface area contributed by atoms with E-state index in [1.807, 2.05) is 0 Å². The Kier molecular flexibility index (Phi) is 3.08. The fourth-order valence-electron chi connectivity index (χ4n) is 1.16. The van der Waals surface area contributed by atoms with Crippen LogP contribution >= 0.6 is 23.2 Å². The fraction of sp³-hybridized carbons (Fsp3) is 0.556. The number of halogens is 2. The molecule has 2 rings (SSSR count). The summed E-state index contributed by atoms with van der Waals surface area (Å²) in [6.45, 7) is 0.651. The maximum atomic E-state index is 5.82. The lowest BCUT2D eigenvalue weighted by Gasteiger charge is -2.05. The molecule has 76 valence electrons. The van der Waals surface area contributed by atoms with E-state index in [1.165, 1.54) is 19.0 Å². The van der Waals surface area contributed by atoms with Gasteiger partial charge in [0, 0.05) is 0 Å². The normalized spacial score (nSPS) is 15.6. The van der Waals surface area contributed by atoms with Gasteiger partial charge in [0.05, 0.1) is 12.8 Å². The van der Waals surface area contributed by atoms with Crippen molar-refractivity contribution in [2.45, 2.75) is 19.3 Å². The van der Waals surface area contributed by atoms with E-state index in [9.17, 15) is 0 Å². The van der Waals surface area contributed by atoms with Crippen LogP contribution in [0.5, 0.6) is 5.88 Å². The number of hydrogen-bond acceptors (Lipinski definition) is 3. The highest BCUT2D eigenvalue weighted by Gasteiger charge is 2.21. The monoisotopic (exact) mass is 232 g/mol. The van der Waals surface area contributed by atoms with Crippen molar-refractivity contribution in [2.75, 3.05) is 6.61 Å². The molecule has 14 heavy (non-hydrogen) atoms. The summed E-state index contributed by atoms with van der Waals surface area (Å²) in [6, 6.07) is 0. The number of hydrogen-bond donors (Lipinski definition) is 0. The molecule has 1 fully saturated rings. The summed E-state index contributed by atoms with van der Waals surface area (Å²) in [5.74, 6) is 1.22. The zero-order chi connectivity index (χ0) is 9.97. The number of ether oxygens (including phenoxy) is 1. The zero-order valence-electron chi connectivity index (χ0n) is 7.54. The Morgan fingerprint density at radius 2 is 2.21 bits per heavy atom. The summed E-state index contributed by atoms with van der Waals surface area (Å²) in [6.07, 6.45) is 5.16. The van der Waals surface area contributed by atoms with E-state index in [-0.39, 0.29) is 5.28 Å². The lowest BCUT2D eigenvalue weighted by molar-refractivity contribution is 0.291. The van der Waals surface area contributed by atoms with Crippen LogP contribution in [0.1, 0.15) is 19.3 Å². The SMILES string of the molecule is Clc1ncc(Cl)c(OCCC2CC2)n1. The van der Waals surface area contributed by atoms with Gasteiger partial charge in [0.1, 0.15) is 5.02 Å². The second kappa shape index (κ2) is 4.32. The van der Waals surface area contributed by atoms with Gasteiger partial charge >= 0.3 is 0 Å². The van der Waals surface area contributed by atoms with E-state index in [1.54, 1.807) is 0 Å². The van der Waals surface area contributed by atoms with Crippen molar-refractivity contribution in [3.05, 3.63) is 16.5 Å². The summed E-state index contributed by atoms with van der Waals surface area (Å²) in [4.78, 5) is 7.63. The van der Waals surface area contributed by atoms with Crippen LogP contribution in [0.3, 0.4) is 0 Å². The molecule has 0 spiro atoms. The van der Waals surface area contributed by atoms with Gasteiger partial charge < -0.3 is 4.74 Å². The lowest BCUT2D eigenvalue weighted by atomic mass is 10.3. The number of rotatable bonds is 4. The first kappa shape index (κ1) is 9.99. The molecule has 0 unspecified atom stereocenters. The fourth-order valence-corrected chi connectivity index (χ4v) is 1.43. The third-order valence-electron chi connectivity index (χ3n) is 2.14. The van der Waals surface area contributed by atoms with E-state index in [4.69, 9.17) is 27.9 Å². The Morgan fingerprint density at radius 3 is 2.93 bits per heavy atom. The van der Waals surface area contributed by atoms with Gasteiger partial charge in [-0.05, 0) is 23.9 Å². The van der Waals surface area contributed by atoms with Crippen molar-refractivity contribution in [1.29, 1.82) is 0 Å². The first-order chi connectivity index (χ1) is 6.75. The van der Waals surface area contributed by atoms with E-state index in [2.05, 4.69) is 9.97 Å². The Bertz CT molecular complexity index is 329. The van der Waals surface area contributed by atoms with Crippen LogP contribution in [0.4, 0.5) is 0 Å². The van der Waals surface area contributed by atoms with Crippen molar-refractivity contribution in [1.82, 2.24) is 9.97 Å². The molecule has 1 heterocycles. The molecule has 1 aliphatic rings. The molecule has 1 aromatic heterocycles. The third kappa shape index (κ3) is 2.72. The summed E-state index contributed by atoms with van der Waals surface area (Å²) in [5.41, 5.74) is 0. The average molecular weight is 233 g/mol. The maximum absolute atomic E-state index is 5.82. The Balaban J connectivity index is 1.89. The van der Waals surface area contributed by atoms with Crippen molar-refractivity contribution in [3.63, 3.8) is 0 Å². The molecule has 1 aliphatic carbocycles. The van der Waals surface area contributed by atoms with Crippen molar-refractivity contribution < 1.29 is 4.74 Å². The molecule has 0 aliphatic heterocycles. The minimum absolute atomic E-state index is 0.163. The third-order valence-corrected chi connectivity index (χ3v) is 2.59. The molecule has 0 N–H and O–H groups in total. The van der Waals surface area contributed by atoms with Crippen LogP contribution < -0.4 is 4.74 Å². The Hall–Kier alpha value is -0.540. The van der Waals surface area contributed by atoms with E-state index in [0.717, 1.165) is 12.3 Å². The number of aromatic nitrogens is 2. The highest BCUT2D eigenvalue weighted by molar-refractivity contribution is 6.32. The standard InChI is InChI=1S/C9H10Cl2N2O/c10-7-5-12-9(11)13-8(7)14-4-3-6-1-2-6/h5-6H,1-4H2. The van der Waals surface area contributed by atoms with Gasteiger partial charge in [-0.3, -0.25) is 0 Å². The van der Waals surface area contributed by atoms with Crippen molar-refractivity contribution in [3.8, 4) is 5.88 Å². The van der Waals surface area contributed by atoms with Crippen LogP contribution in [0, 0.1) is 5.92 Å². The van der Waals surface area contributed by atoms with Crippen LogP contribution in [0.25, 0.3) is 0 Å². The van der Waals surface area contributed by atoms with Gasteiger partial charge in [-0.25, -0.2) is 4.98 Å². The van der Waals surface area contributed by atoms with E-state index < -0.39 is 0 Å². The van der Waals surface area contributed by atoms with Crippen molar-refractivity contribution in [2.24, 2.45) is 5.92 Å². The highest BCUT2D eigenvalue weighted by atomic mass is 35.5. The molecule has 0 saturated heterocycles. The average Bonchev–Trinajstić information content (AvgIpc) is 2.95. The highest BCUT2D eigenvalue weighted by Crippen LogP contribution is 2.32. The molecule has 0 bridgehead atoms. The molecule has 0 radical (unpaired) electrons. The second-order valence-electron chi connectivity index (χ2n) is 3.37. The second-order valence-corrected chi connectivity index (χ2v) is 4.12. The van der Waals surface area contributed by atoms with Gasteiger partial charge in [0.25, 0.3) is 0 Å². The minimum Gasteiger partial charge on any atom is -0.476 e. The summed E-state index contributed by atoms with van der Waals surface area (Å²) < 4.78 is 5.40. The minimum atomic E-state index is 0.163. The summed E-state index contributed by atoms with van der Waals surface area (Å²) in [7, 11) is 0. The molecular formula is C9H10Cl2N2O. The quantitative estimate of drug-likeness (QED) is 0.750. The van der Waals surface area contributed by atoms with Crippen LogP contribution in [-0.2, 0) is 0 Å². The maximum Gasteiger partial charge on any atom is 0.237 e. The summed E-state index contributed by atoms with van der Waals surface area (Å²) in [5, 5.41) is 0.570. The molecule has 1 aromatic rings. The summed E-state index contributed by atoms with van der Waals surface area (Å²) >= 11 is 11.4. The van der Waals surface area contributed by atoms with Crippen LogP contribution in [0.15, 0.2) is 6.20 Å². The van der Waals surface area contributed by atoms with Gasteiger partial charge in [-0.1, -0.05) is 24.4 Å². The molecule has 0 atom stereocenters. The number of nitrogens with zero attached hydrogens (tertiary/aromatic N) is 2. The first-order valence-corrected chi connectivity index (χ1v) is 5.32. The molecule has 3 nitrogen and oxygen atoms in total. The van der Waals surface area contributed by atoms with Gasteiger partial charge in [-0.2, -0.15) is 4.98 Å². The van der Waals surface area contributed by atoms with E-state index >= 15 is 0 Å². The van der Waals surface area contributed by atoms with Crippen molar-refractivity contribution >= 4 is 23.2 Å². The predicted octanol–water partition coefficient (Wildman–Crippen LogP) is 2.96. The Labute approximate surface area is 92.4 Å². The largest absolute Gasteiger partial charge is 0.476 e. The zero-order valence-corrected chi connectivity index (χ0v) is 9.05. The molecule has 0 aromatic carbocycles. The van der Waals surface area contributed by atoms with Gasteiger partial charge in [0.2, 0.25) is 11.2 Å².